The van der Waals surface area contributed by atoms with Crippen molar-refractivity contribution in [3.8, 4) is 0 Å². The van der Waals surface area contributed by atoms with Gasteiger partial charge in [0.1, 0.15) is 11.6 Å². The molecule has 0 aliphatic heterocycles. The molecule has 3 heterocycles. The van der Waals surface area contributed by atoms with Crippen LogP contribution in [0.2, 0.25) is 0 Å². The van der Waals surface area contributed by atoms with Gasteiger partial charge in [-0.25, -0.2) is 34.9 Å². The summed E-state index contributed by atoms with van der Waals surface area (Å²) in [4.78, 5) is 4.44. The van der Waals surface area contributed by atoms with Crippen LogP contribution in [0.4, 0.5) is 4.39 Å². The Balaban J connectivity index is 1.32. The molecule has 1 fully saturated rings. The first-order valence-corrected chi connectivity index (χ1v) is 15.3. The lowest BCUT2D eigenvalue weighted by atomic mass is 10.1. The zero-order valence-corrected chi connectivity index (χ0v) is 22.7. The number of sulfonamides is 1. The number of hydrogen-bond acceptors (Lipinski definition) is 7. The van der Waals surface area contributed by atoms with Crippen LogP contribution in [0.1, 0.15) is 42.1 Å². The van der Waals surface area contributed by atoms with E-state index in [1.165, 1.54) is 24.5 Å². The quantitative estimate of drug-likeness (QED) is 0.331. The van der Waals surface area contributed by atoms with Gasteiger partial charge in [0, 0.05) is 18.2 Å². The molecule has 3 aromatic heterocycles. The van der Waals surface area contributed by atoms with Crippen LogP contribution in [0.5, 0.6) is 0 Å². The highest BCUT2D eigenvalue weighted by Crippen LogP contribution is 2.36. The smallest absolute Gasteiger partial charge is 0.269 e. The number of hydrogen-bond donors (Lipinski definition) is 1. The van der Waals surface area contributed by atoms with Gasteiger partial charge >= 0.3 is 0 Å². The van der Waals surface area contributed by atoms with Gasteiger partial charge in [-0.1, -0.05) is 23.8 Å². The van der Waals surface area contributed by atoms with Crippen molar-refractivity contribution in [3.63, 3.8) is 0 Å². The van der Waals surface area contributed by atoms with Crippen molar-refractivity contribution in [3.05, 3.63) is 83.7 Å². The van der Waals surface area contributed by atoms with E-state index in [1.807, 2.05) is 6.92 Å². The Morgan fingerprint density at radius 3 is 2.51 bits per heavy atom. The van der Waals surface area contributed by atoms with E-state index in [9.17, 15) is 21.2 Å². The molecule has 39 heavy (non-hydrogen) atoms. The maximum atomic E-state index is 13.7. The molecule has 5 aromatic rings. The molecule has 0 amide bonds. The highest BCUT2D eigenvalue weighted by Gasteiger charge is 2.33. The lowest BCUT2D eigenvalue weighted by Crippen LogP contribution is -2.33. The molecule has 1 saturated carbocycles. The minimum Gasteiger partial charge on any atom is -0.274 e. The van der Waals surface area contributed by atoms with Gasteiger partial charge in [0.25, 0.3) is 10.0 Å². The molecular formula is C26H25FN6O4S2. The molecule has 202 valence electrons. The second-order valence-corrected chi connectivity index (χ2v) is 13.4. The summed E-state index contributed by atoms with van der Waals surface area (Å²) in [5.74, 6) is -0.148. The van der Waals surface area contributed by atoms with Crippen molar-refractivity contribution < 1.29 is 21.2 Å². The van der Waals surface area contributed by atoms with Crippen LogP contribution in [0.15, 0.2) is 70.7 Å². The fourth-order valence-corrected chi connectivity index (χ4v) is 8.04. The number of nitrogens with one attached hydrogen (secondary N) is 1. The summed E-state index contributed by atoms with van der Waals surface area (Å²) < 4.78 is 72.1. The predicted octanol–water partition coefficient (Wildman–Crippen LogP) is 3.69. The van der Waals surface area contributed by atoms with Crippen LogP contribution in [0, 0.1) is 19.7 Å². The topological polar surface area (TPSA) is 128 Å². The molecule has 0 spiro atoms. The first-order chi connectivity index (χ1) is 18.5. The molecule has 0 radical (unpaired) electrons. The number of benzene rings is 2. The number of fused-ring (bicyclic) bond motifs is 3. The summed E-state index contributed by atoms with van der Waals surface area (Å²) in [5.41, 5.74) is 2.64. The minimum atomic E-state index is -3.92. The Hall–Kier alpha value is -3.68. The summed E-state index contributed by atoms with van der Waals surface area (Å²) in [6.45, 7) is 3.51. The summed E-state index contributed by atoms with van der Waals surface area (Å²) in [7, 11) is -7.81. The Morgan fingerprint density at radius 1 is 0.974 bits per heavy atom. The number of nitrogens with zero attached hydrogens (tertiary/aromatic N) is 5. The van der Waals surface area contributed by atoms with E-state index in [2.05, 4.69) is 19.9 Å². The Bertz CT molecular complexity index is 1950. The predicted molar refractivity (Wildman–Crippen MR) is 142 cm³/mol. The van der Waals surface area contributed by atoms with Crippen LogP contribution in [-0.4, -0.2) is 46.4 Å². The van der Waals surface area contributed by atoms with Gasteiger partial charge in [-0.15, -0.1) is 10.2 Å². The van der Waals surface area contributed by atoms with Crippen LogP contribution in [-0.2, 0) is 20.0 Å². The highest BCUT2D eigenvalue weighted by molar-refractivity contribution is 7.90. The van der Waals surface area contributed by atoms with Gasteiger partial charge in [0.15, 0.2) is 11.3 Å². The van der Waals surface area contributed by atoms with Crippen molar-refractivity contribution in [2.75, 3.05) is 0 Å². The second kappa shape index (κ2) is 9.21. The lowest BCUT2D eigenvalue weighted by molar-refractivity contribution is 0.544. The van der Waals surface area contributed by atoms with Gasteiger partial charge in [-0.05, 0) is 69.0 Å². The number of rotatable bonds is 6. The van der Waals surface area contributed by atoms with Gasteiger partial charge in [-0.3, -0.25) is 4.40 Å². The summed E-state index contributed by atoms with van der Waals surface area (Å²) in [6.07, 6.45) is 4.60. The third kappa shape index (κ3) is 4.39. The van der Waals surface area contributed by atoms with E-state index in [0.717, 1.165) is 15.6 Å². The molecule has 0 unspecified atom stereocenters. The molecule has 0 saturated heterocycles. The van der Waals surface area contributed by atoms with E-state index in [0.29, 0.717) is 41.8 Å². The van der Waals surface area contributed by atoms with E-state index >= 15 is 0 Å². The maximum absolute atomic E-state index is 13.7. The first-order valence-electron chi connectivity index (χ1n) is 12.4. The molecule has 10 nitrogen and oxygen atoms in total. The SMILES string of the molecule is Cc1ccc(S(=O)(=O)n2ccc3c2ncc2nnc([C@@H]4CC[C@H](NS(=O)(=O)c5cc(F)ccc5C)C4)n23)cc1. The van der Waals surface area contributed by atoms with Gasteiger partial charge in [0.05, 0.1) is 21.5 Å². The largest absolute Gasteiger partial charge is 0.274 e. The van der Waals surface area contributed by atoms with Gasteiger partial charge in [-0.2, -0.15) is 0 Å². The number of aryl methyl sites for hydroxylation is 2. The minimum absolute atomic E-state index is 0.0808. The molecule has 0 bridgehead atoms. The van der Waals surface area contributed by atoms with Crippen LogP contribution < -0.4 is 4.72 Å². The van der Waals surface area contributed by atoms with E-state index in [4.69, 9.17) is 0 Å². The van der Waals surface area contributed by atoms with Crippen LogP contribution >= 0.6 is 0 Å². The molecule has 2 aromatic carbocycles. The summed E-state index contributed by atoms with van der Waals surface area (Å²) in [6, 6.07) is 11.6. The molecule has 1 aliphatic carbocycles. The van der Waals surface area contributed by atoms with Crippen molar-refractivity contribution >= 4 is 36.9 Å². The van der Waals surface area contributed by atoms with Gasteiger partial charge < -0.3 is 0 Å². The monoisotopic (exact) mass is 568 g/mol. The standard InChI is InChI=1S/C26H25FN6O4S2/c1-16-3-9-21(10-4-16)39(36,37)32-12-11-22-26(32)28-15-24-29-30-25(33(22)24)18-6-8-20(13-18)31-38(34,35)23-14-19(27)7-5-17(23)2/h3-5,7,9-12,14-15,18,20,31H,6,8,13H2,1-2H3/t18-,20+/m1/s1. The fraction of sp³-hybridized carbons (Fsp3) is 0.269. The molecular weight excluding hydrogens is 543 g/mol. The van der Waals surface area contributed by atoms with E-state index < -0.39 is 25.9 Å². The third-order valence-electron chi connectivity index (χ3n) is 7.20. The lowest BCUT2D eigenvalue weighted by Gasteiger charge is -2.15. The molecule has 1 aliphatic rings. The summed E-state index contributed by atoms with van der Waals surface area (Å²) >= 11 is 0. The molecule has 2 atom stereocenters. The maximum Gasteiger partial charge on any atom is 0.269 e. The van der Waals surface area contributed by atoms with E-state index in [-0.39, 0.29) is 27.4 Å². The van der Waals surface area contributed by atoms with Crippen LogP contribution in [0.25, 0.3) is 16.8 Å². The average Bonchev–Trinajstić information content (AvgIpc) is 3.63. The molecule has 6 rings (SSSR count). The van der Waals surface area contributed by atoms with Crippen molar-refractivity contribution in [1.29, 1.82) is 0 Å². The molecule has 1 N–H and O–H groups in total. The third-order valence-corrected chi connectivity index (χ3v) is 10.5. The zero-order valence-electron chi connectivity index (χ0n) is 21.1. The Morgan fingerprint density at radius 2 is 1.74 bits per heavy atom. The second-order valence-electron chi connectivity index (χ2n) is 9.89. The van der Waals surface area contributed by atoms with Crippen molar-refractivity contribution in [1.82, 2.24) is 28.3 Å². The first kappa shape index (κ1) is 25.6. The Kier molecular flexibility index (Phi) is 6.04. The normalized spacial score (nSPS) is 18.3. The Labute approximate surface area is 224 Å². The van der Waals surface area contributed by atoms with Crippen molar-refractivity contribution in [2.24, 2.45) is 0 Å². The molecule has 13 heteroatoms. The van der Waals surface area contributed by atoms with Crippen molar-refractivity contribution in [2.45, 2.75) is 54.9 Å². The average molecular weight is 569 g/mol. The fourth-order valence-electron chi connectivity index (χ4n) is 5.20. The van der Waals surface area contributed by atoms with Gasteiger partial charge in [0.2, 0.25) is 10.0 Å². The zero-order chi connectivity index (χ0) is 27.5. The number of aromatic nitrogens is 5. The highest BCUT2D eigenvalue weighted by atomic mass is 32.2. The van der Waals surface area contributed by atoms with E-state index in [1.54, 1.807) is 41.7 Å². The summed E-state index contributed by atoms with van der Waals surface area (Å²) in [5, 5.41) is 8.60. The number of halogens is 1. The van der Waals surface area contributed by atoms with Crippen LogP contribution in [0.3, 0.4) is 0 Å².